The Kier molecular flexibility index (Phi) is 8.02. The lowest BCUT2D eigenvalue weighted by Crippen LogP contribution is -2.38. The lowest BCUT2D eigenvalue weighted by Gasteiger charge is -2.28. The number of carboxylic acids is 1. The van der Waals surface area contributed by atoms with E-state index in [1.165, 1.54) is 5.56 Å². The van der Waals surface area contributed by atoms with E-state index in [0.29, 0.717) is 29.9 Å². The molecule has 1 aromatic carbocycles. The maximum atomic E-state index is 12.8. The summed E-state index contributed by atoms with van der Waals surface area (Å²) in [6, 6.07) is 10.5. The van der Waals surface area contributed by atoms with Crippen molar-refractivity contribution in [1.82, 2.24) is 10.6 Å². The van der Waals surface area contributed by atoms with E-state index in [0.717, 1.165) is 6.42 Å². The van der Waals surface area contributed by atoms with Gasteiger partial charge in [-0.05, 0) is 39.2 Å². The first-order valence-corrected chi connectivity index (χ1v) is 10.1. The van der Waals surface area contributed by atoms with Crippen LogP contribution in [0.2, 0.25) is 0 Å². The maximum absolute atomic E-state index is 12.8. The van der Waals surface area contributed by atoms with Gasteiger partial charge >= 0.3 is 11.9 Å². The number of esters is 1. The Morgan fingerprint density at radius 2 is 1.79 bits per heavy atom. The monoisotopic (exact) mass is 400 g/mol. The van der Waals surface area contributed by atoms with Crippen molar-refractivity contribution in [1.29, 1.82) is 0 Å². The summed E-state index contributed by atoms with van der Waals surface area (Å²) in [6.07, 6.45) is 1.28. The molecule has 3 N–H and O–H groups in total. The molecule has 0 bridgehead atoms. The van der Waals surface area contributed by atoms with Crippen LogP contribution in [0, 0.1) is 5.92 Å². The number of carbonyl (C=O) groups excluding carboxylic acids is 1. The number of hydrogen-bond donors (Lipinski definition) is 3. The van der Waals surface area contributed by atoms with Crippen LogP contribution < -0.4 is 10.6 Å². The average Bonchev–Trinajstić information content (AvgIpc) is 2.65. The van der Waals surface area contributed by atoms with Gasteiger partial charge in [0.1, 0.15) is 6.10 Å². The number of dihydropyridines is 1. The predicted octanol–water partition coefficient (Wildman–Crippen LogP) is 3.40. The molecule has 6 heteroatoms. The van der Waals surface area contributed by atoms with Crippen molar-refractivity contribution in [3.63, 3.8) is 0 Å². The summed E-state index contributed by atoms with van der Waals surface area (Å²) < 4.78 is 5.73. The van der Waals surface area contributed by atoms with Gasteiger partial charge in [-0.3, -0.25) is 0 Å². The zero-order chi connectivity index (χ0) is 21.6. The van der Waals surface area contributed by atoms with Crippen molar-refractivity contribution in [2.45, 2.75) is 59.6 Å². The Morgan fingerprint density at radius 3 is 2.38 bits per heavy atom. The van der Waals surface area contributed by atoms with Gasteiger partial charge in [-0.1, -0.05) is 44.2 Å². The highest BCUT2D eigenvalue weighted by atomic mass is 16.5. The van der Waals surface area contributed by atoms with Gasteiger partial charge in [0.15, 0.2) is 0 Å². The molecule has 29 heavy (non-hydrogen) atoms. The summed E-state index contributed by atoms with van der Waals surface area (Å²) in [5, 5.41) is 15.9. The molecular weight excluding hydrogens is 368 g/mol. The first kappa shape index (κ1) is 22.7. The number of ether oxygens (including phenoxy) is 1. The lowest BCUT2D eigenvalue weighted by molar-refractivity contribution is -0.145. The van der Waals surface area contributed by atoms with E-state index in [4.69, 9.17) is 4.74 Å². The van der Waals surface area contributed by atoms with Crippen LogP contribution >= 0.6 is 0 Å². The highest BCUT2D eigenvalue weighted by molar-refractivity contribution is 5.96. The van der Waals surface area contributed by atoms with E-state index < -0.39 is 17.9 Å². The summed E-state index contributed by atoms with van der Waals surface area (Å²) >= 11 is 0. The van der Waals surface area contributed by atoms with Gasteiger partial charge in [0.05, 0.1) is 11.1 Å². The molecule has 1 aromatic rings. The molecule has 3 atom stereocenters. The molecule has 1 aliphatic heterocycles. The molecule has 0 saturated carbocycles. The zero-order valence-corrected chi connectivity index (χ0v) is 17.9. The fourth-order valence-electron chi connectivity index (χ4n) is 3.74. The predicted molar refractivity (Wildman–Crippen MR) is 113 cm³/mol. The van der Waals surface area contributed by atoms with E-state index >= 15 is 0 Å². The summed E-state index contributed by atoms with van der Waals surface area (Å²) in [6.45, 7) is 9.83. The van der Waals surface area contributed by atoms with Crippen LogP contribution in [0.15, 0.2) is 52.9 Å². The first-order valence-electron chi connectivity index (χ1n) is 10.1. The van der Waals surface area contributed by atoms with Crippen molar-refractivity contribution in [3.8, 4) is 0 Å². The van der Waals surface area contributed by atoms with Gasteiger partial charge in [-0.15, -0.1) is 0 Å². The first-order chi connectivity index (χ1) is 13.7. The van der Waals surface area contributed by atoms with Crippen LogP contribution in [0.3, 0.4) is 0 Å². The van der Waals surface area contributed by atoms with Gasteiger partial charge in [-0.2, -0.15) is 0 Å². The number of allylic oxidation sites excluding steroid dienone is 2. The number of aliphatic carboxylic acids is 1. The fraction of sp³-hybridized carbons (Fsp3) is 0.478. The molecular formula is C23H32N2O4. The number of benzene rings is 1. The van der Waals surface area contributed by atoms with Gasteiger partial charge in [-0.25, -0.2) is 9.59 Å². The molecule has 6 nitrogen and oxygen atoms in total. The molecule has 158 valence electrons. The fourth-order valence-corrected chi connectivity index (χ4v) is 3.74. The molecule has 0 spiro atoms. The topological polar surface area (TPSA) is 87.7 Å². The van der Waals surface area contributed by atoms with Crippen molar-refractivity contribution >= 4 is 11.9 Å². The van der Waals surface area contributed by atoms with E-state index in [1.54, 1.807) is 20.8 Å². The summed E-state index contributed by atoms with van der Waals surface area (Å²) in [5.74, 6) is -2.01. The van der Waals surface area contributed by atoms with Crippen LogP contribution in [0.5, 0.6) is 0 Å². The molecule has 0 aromatic heterocycles. The third-order valence-electron chi connectivity index (χ3n) is 5.31. The standard InChI is InChI=1S/C23H32N2O4/c1-6-19(13-24-14(2)12-18-10-8-7-9-11-18)29-23(28)21-15(3)20(22(26)27)16(4)25-17(21)5/h7-11,14-15,19,24-25H,6,12-13H2,1-5H3,(H,26,27). The normalized spacial score (nSPS) is 18.9. The van der Waals surface area contributed by atoms with Gasteiger partial charge in [0.2, 0.25) is 0 Å². The minimum absolute atomic E-state index is 0.199. The van der Waals surface area contributed by atoms with Crippen LogP contribution in [0.25, 0.3) is 0 Å². The number of hydrogen-bond acceptors (Lipinski definition) is 5. The Balaban J connectivity index is 1.97. The molecule has 2 rings (SSSR count). The molecule has 0 amide bonds. The Bertz CT molecular complexity index is 798. The molecule has 0 aliphatic carbocycles. The molecule has 1 heterocycles. The smallest absolute Gasteiger partial charge is 0.336 e. The molecule has 0 fully saturated rings. The summed E-state index contributed by atoms with van der Waals surface area (Å²) in [5.41, 5.74) is 3.03. The van der Waals surface area contributed by atoms with Crippen molar-refractivity contribution in [2.75, 3.05) is 6.54 Å². The molecule has 3 unspecified atom stereocenters. The van der Waals surface area contributed by atoms with Crippen LogP contribution in [-0.4, -0.2) is 35.7 Å². The second kappa shape index (κ2) is 10.3. The largest absolute Gasteiger partial charge is 0.478 e. The second-order valence-electron chi connectivity index (χ2n) is 7.66. The van der Waals surface area contributed by atoms with Gasteiger partial charge in [0, 0.05) is 29.9 Å². The van der Waals surface area contributed by atoms with Crippen molar-refractivity contribution in [2.24, 2.45) is 5.92 Å². The number of rotatable bonds is 9. The number of nitrogens with one attached hydrogen (secondary N) is 2. The number of carbonyl (C=O) groups is 2. The Hall–Kier alpha value is -2.60. The van der Waals surface area contributed by atoms with Crippen molar-refractivity contribution < 1.29 is 19.4 Å². The Labute approximate surface area is 173 Å². The second-order valence-corrected chi connectivity index (χ2v) is 7.66. The summed E-state index contributed by atoms with van der Waals surface area (Å²) in [7, 11) is 0. The maximum Gasteiger partial charge on any atom is 0.336 e. The lowest BCUT2D eigenvalue weighted by atomic mass is 9.87. The highest BCUT2D eigenvalue weighted by Gasteiger charge is 2.33. The van der Waals surface area contributed by atoms with E-state index in [1.807, 2.05) is 25.1 Å². The Morgan fingerprint density at radius 1 is 1.17 bits per heavy atom. The molecule has 0 saturated heterocycles. The third-order valence-corrected chi connectivity index (χ3v) is 5.31. The SMILES string of the molecule is CCC(CNC(C)Cc1ccccc1)OC(=O)C1=C(C)NC(C)=C(C(=O)O)C1C. The van der Waals surface area contributed by atoms with Crippen LogP contribution in [0.4, 0.5) is 0 Å². The van der Waals surface area contributed by atoms with Gasteiger partial charge < -0.3 is 20.5 Å². The zero-order valence-electron chi connectivity index (χ0n) is 17.9. The van der Waals surface area contributed by atoms with E-state index in [9.17, 15) is 14.7 Å². The van der Waals surface area contributed by atoms with Crippen molar-refractivity contribution in [3.05, 3.63) is 58.4 Å². The molecule has 1 aliphatic rings. The number of carboxylic acid groups (broad SMARTS) is 1. The molecule has 0 radical (unpaired) electrons. The minimum Gasteiger partial charge on any atom is -0.478 e. The highest BCUT2D eigenvalue weighted by Crippen LogP contribution is 2.30. The van der Waals surface area contributed by atoms with Crippen LogP contribution in [0.1, 0.15) is 46.6 Å². The summed E-state index contributed by atoms with van der Waals surface area (Å²) in [4.78, 5) is 24.4. The van der Waals surface area contributed by atoms with E-state index in [-0.39, 0.29) is 17.7 Å². The quantitative estimate of drug-likeness (QED) is 0.551. The van der Waals surface area contributed by atoms with E-state index in [2.05, 4.69) is 29.7 Å². The van der Waals surface area contributed by atoms with Crippen LogP contribution in [-0.2, 0) is 20.7 Å². The third kappa shape index (κ3) is 5.94. The average molecular weight is 401 g/mol. The van der Waals surface area contributed by atoms with Gasteiger partial charge in [0.25, 0.3) is 0 Å². The minimum atomic E-state index is -1.02.